The zero-order chi connectivity index (χ0) is 5.11. The van der Waals surface area contributed by atoms with Crippen LogP contribution in [0.3, 0.4) is 0 Å². The zero-order valence-electron chi connectivity index (χ0n) is 4.96. The van der Waals surface area contributed by atoms with Crippen LogP contribution in [0, 0.1) is 0 Å². The molecule has 1 radical (unpaired) electrons. The second-order valence-corrected chi connectivity index (χ2v) is 1.76. The van der Waals surface area contributed by atoms with Crippen LogP contribution in [0.15, 0.2) is 0 Å². The van der Waals surface area contributed by atoms with Gasteiger partial charge in [0.1, 0.15) is 0 Å². The molecule has 0 aromatic heterocycles. The molecule has 1 heterocycles. The smallest absolute Gasteiger partial charge is 0.199 e. The van der Waals surface area contributed by atoms with Gasteiger partial charge in [0.15, 0.2) is 0 Å². The van der Waals surface area contributed by atoms with Gasteiger partial charge in [-0.1, -0.05) is 13.3 Å². The predicted molar refractivity (Wildman–Crippen MR) is 25.5 cm³/mol. The summed E-state index contributed by atoms with van der Waals surface area (Å²) in [6.45, 7) is 2.16. The quantitative estimate of drug-likeness (QED) is 0.579. The van der Waals surface area contributed by atoms with E-state index in [2.05, 4.69) is 16.7 Å². The molecule has 47 valence electrons. The number of unbranched alkanes of at least 4 members (excludes halogenated alkanes) is 1. The molecule has 0 amide bonds. The summed E-state index contributed by atoms with van der Waals surface area (Å²) >= 11 is 0. The first kappa shape index (κ1) is 8.66. The molecule has 0 unspecified atom stereocenters. The van der Waals surface area contributed by atoms with Crippen molar-refractivity contribution in [3.63, 3.8) is 0 Å². The van der Waals surface area contributed by atoms with E-state index in [4.69, 9.17) is 0 Å². The van der Waals surface area contributed by atoms with Crippen LogP contribution in [0.4, 0.5) is 0 Å². The molecule has 0 atom stereocenters. The van der Waals surface area contributed by atoms with Gasteiger partial charge in [-0.2, -0.15) is 9.78 Å². The van der Waals surface area contributed by atoms with E-state index in [0.29, 0.717) is 0 Å². The van der Waals surface area contributed by atoms with E-state index in [0.717, 1.165) is 6.42 Å². The van der Waals surface area contributed by atoms with E-state index in [1.165, 1.54) is 12.8 Å². The van der Waals surface area contributed by atoms with Crippen LogP contribution in [0.25, 0.3) is 0 Å². The van der Waals surface area contributed by atoms with Crippen molar-refractivity contribution in [2.24, 2.45) is 0 Å². The average Bonchev–Trinajstić information content (AvgIpc) is 2.42. The molecule has 1 aliphatic heterocycles. The summed E-state index contributed by atoms with van der Waals surface area (Å²) in [6.07, 6.45) is 3.66. The largest absolute Gasteiger partial charge is 0.224 e. The van der Waals surface area contributed by atoms with Gasteiger partial charge < -0.3 is 0 Å². The fourth-order valence-corrected chi connectivity index (χ4v) is 0.506. The van der Waals surface area contributed by atoms with Gasteiger partial charge in [0.25, 0.3) is 0 Å². The maximum Gasteiger partial charge on any atom is 0.224 e. The first-order chi connectivity index (χ1) is 3.43. The molecule has 3 heteroatoms. The van der Waals surface area contributed by atoms with Crippen molar-refractivity contribution >= 4 is 0 Å². The van der Waals surface area contributed by atoms with Gasteiger partial charge in [-0.3, -0.25) is 0 Å². The SMILES string of the molecule is CCCCC1OO1.[Ta]. The van der Waals surface area contributed by atoms with Gasteiger partial charge in [-0.25, -0.2) is 0 Å². The van der Waals surface area contributed by atoms with Crippen LogP contribution < -0.4 is 0 Å². The van der Waals surface area contributed by atoms with Gasteiger partial charge >= 0.3 is 0 Å². The molecule has 8 heavy (non-hydrogen) atoms. The van der Waals surface area contributed by atoms with Gasteiger partial charge in [0.05, 0.1) is 0 Å². The van der Waals surface area contributed by atoms with Crippen molar-refractivity contribution in [1.82, 2.24) is 0 Å². The third kappa shape index (κ3) is 3.64. The Bertz CT molecular complexity index is 54.4. The Labute approximate surface area is 65.0 Å². The minimum Gasteiger partial charge on any atom is -0.199 e. The van der Waals surface area contributed by atoms with E-state index < -0.39 is 0 Å². The monoisotopic (exact) mass is 283 g/mol. The molecule has 1 fully saturated rings. The summed E-state index contributed by atoms with van der Waals surface area (Å²) < 4.78 is 0. The summed E-state index contributed by atoms with van der Waals surface area (Å²) in [5, 5.41) is 0. The molecule has 0 aromatic rings. The van der Waals surface area contributed by atoms with Crippen molar-refractivity contribution < 1.29 is 32.2 Å². The van der Waals surface area contributed by atoms with E-state index >= 15 is 0 Å². The van der Waals surface area contributed by atoms with E-state index in [1.807, 2.05) is 0 Å². The maximum absolute atomic E-state index is 4.51. The van der Waals surface area contributed by atoms with Crippen LogP contribution in [0.5, 0.6) is 0 Å². The van der Waals surface area contributed by atoms with Crippen molar-refractivity contribution in [2.45, 2.75) is 32.5 Å². The Kier molecular flexibility index (Phi) is 4.90. The molecule has 0 bridgehead atoms. The number of rotatable bonds is 3. The summed E-state index contributed by atoms with van der Waals surface area (Å²) in [5.41, 5.74) is 0. The van der Waals surface area contributed by atoms with E-state index in [9.17, 15) is 0 Å². The van der Waals surface area contributed by atoms with Gasteiger partial charge in [0, 0.05) is 28.8 Å². The molecule has 1 aliphatic rings. The third-order valence-electron chi connectivity index (χ3n) is 1.03. The Morgan fingerprint density at radius 1 is 1.38 bits per heavy atom. The summed E-state index contributed by atoms with van der Waals surface area (Å²) in [4.78, 5) is 9.02. The average molecular weight is 283 g/mol. The Morgan fingerprint density at radius 3 is 2.38 bits per heavy atom. The van der Waals surface area contributed by atoms with Crippen LogP contribution in [-0.2, 0) is 32.2 Å². The van der Waals surface area contributed by atoms with Crippen molar-refractivity contribution in [1.29, 1.82) is 0 Å². The van der Waals surface area contributed by atoms with Crippen LogP contribution >= 0.6 is 0 Å². The molecule has 2 nitrogen and oxygen atoms in total. The van der Waals surface area contributed by atoms with Gasteiger partial charge in [0.2, 0.25) is 6.29 Å². The second kappa shape index (κ2) is 4.53. The molecular formula is C5H10O2Ta. The molecule has 1 saturated heterocycles. The van der Waals surface area contributed by atoms with E-state index in [-0.39, 0.29) is 28.7 Å². The Hall–Kier alpha value is 0.660. The summed E-state index contributed by atoms with van der Waals surface area (Å²) in [6, 6.07) is 0. The minimum atomic E-state index is 0. The van der Waals surface area contributed by atoms with Crippen molar-refractivity contribution in [3.05, 3.63) is 0 Å². The number of hydrogen-bond donors (Lipinski definition) is 0. The Morgan fingerprint density at radius 2 is 2.00 bits per heavy atom. The van der Waals surface area contributed by atoms with Crippen molar-refractivity contribution in [2.75, 3.05) is 0 Å². The molecule has 0 aliphatic carbocycles. The van der Waals surface area contributed by atoms with Crippen LogP contribution in [-0.4, -0.2) is 6.29 Å². The van der Waals surface area contributed by atoms with Gasteiger partial charge in [-0.05, 0) is 6.42 Å². The molecule has 0 N–H and O–H groups in total. The zero-order valence-corrected chi connectivity index (χ0v) is 8.18. The molecule has 1 rings (SSSR count). The first-order valence-corrected chi connectivity index (χ1v) is 2.75. The normalized spacial score (nSPS) is 17.6. The fourth-order valence-electron chi connectivity index (χ4n) is 0.506. The van der Waals surface area contributed by atoms with Crippen molar-refractivity contribution in [3.8, 4) is 0 Å². The van der Waals surface area contributed by atoms with Gasteiger partial charge in [-0.15, -0.1) is 0 Å². The molecular weight excluding hydrogens is 273 g/mol. The third-order valence-corrected chi connectivity index (χ3v) is 1.03. The number of hydrogen-bond acceptors (Lipinski definition) is 2. The standard InChI is InChI=1S/C5H10O2.Ta/c1-2-3-4-5-6-7-5;/h5H,2-4H2,1H3;. The molecule has 0 spiro atoms. The summed E-state index contributed by atoms with van der Waals surface area (Å²) in [5.74, 6) is 0. The second-order valence-electron chi connectivity index (χ2n) is 1.76. The molecule has 0 aromatic carbocycles. The predicted octanol–water partition coefficient (Wildman–Crippen LogP) is 1.46. The maximum atomic E-state index is 4.51. The van der Waals surface area contributed by atoms with Crippen LogP contribution in [0.1, 0.15) is 26.2 Å². The topological polar surface area (TPSA) is 25.1 Å². The Balaban J connectivity index is 0.000000490. The summed E-state index contributed by atoms with van der Waals surface area (Å²) in [7, 11) is 0. The van der Waals surface area contributed by atoms with Crippen LogP contribution in [0.2, 0.25) is 0 Å². The first-order valence-electron chi connectivity index (χ1n) is 2.75. The van der Waals surface area contributed by atoms with E-state index in [1.54, 1.807) is 0 Å². The fraction of sp³-hybridized carbons (Fsp3) is 1.00. The molecule has 0 saturated carbocycles. The minimum absolute atomic E-state index is 0.